The summed E-state index contributed by atoms with van der Waals surface area (Å²) in [5.74, 6) is 1.63. The molecule has 20 heavy (non-hydrogen) atoms. The first kappa shape index (κ1) is 16.3. The van der Waals surface area contributed by atoms with Crippen LogP contribution in [0.25, 0.3) is 0 Å². The van der Waals surface area contributed by atoms with Crippen LogP contribution >= 0.6 is 0 Å². The largest absolute Gasteiger partial charge is 0.381 e. The molecular weight excluding hydrogens is 248 g/mol. The van der Waals surface area contributed by atoms with Crippen LogP contribution in [-0.2, 0) is 4.74 Å². The van der Waals surface area contributed by atoms with Crippen LogP contribution in [0.5, 0.6) is 0 Å². The maximum absolute atomic E-state index is 5.59. The summed E-state index contributed by atoms with van der Waals surface area (Å²) in [6.45, 7) is 7.66. The van der Waals surface area contributed by atoms with E-state index in [1.807, 2.05) is 0 Å². The van der Waals surface area contributed by atoms with Crippen LogP contribution in [-0.4, -0.2) is 50.3 Å². The van der Waals surface area contributed by atoms with Gasteiger partial charge in [-0.05, 0) is 58.2 Å². The summed E-state index contributed by atoms with van der Waals surface area (Å²) in [6.07, 6.45) is 7.92. The van der Waals surface area contributed by atoms with Crippen molar-refractivity contribution in [3.8, 4) is 0 Å². The van der Waals surface area contributed by atoms with Crippen molar-refractivity contribution in [1.29, 1.82) is 0 Å². The summed E-state index contributed by atoms with van der Waals surface area (Å²) in [6, 6.07) is 0.620. The van der Waals surface area contributed by atoms with E-state index in [0.29, 0.717) is 11.6 Å². The molecule has 1 heterocycles. The third-order valence-electron chi connectivity index (χ3n) is 5.64. The lowest BCUT2D eigenvalue weighted by molar-refractivity contribution is -0.0175. The van der Waals surface area contributed by atoms with Gasteiger partial charge in [-0.2, -0.15) is 0 Å². The molecule has 0 aromatic carbocycles. The Morgan fingerprint density at radius 1 is 1.25 bits per heavy atom. The molecule has 2 fully saturated rings. The summed E-state index contributed by atoms with van der Waals surface area (Å²) >= 11 is 0. The molecule has 118 valence electrons. The van der Waals surface area contributed by atoms with E-state index in [4.69, 9.17) is 4.74 Å². The van der Waals surface area contributed by atoms with Crippen molar-refractivity contribution >= 4 is 0 Å². The Morgan fingerprint density at radius 2 is 1.95 bits per heavy atom. The second kappa shape index (κ2) is 7.24. The van der Waals surface area contributed by atoms with E-state index in [1.54, 1.807) is 0 Å². The third kappa shape index (κ3) is 3.37. The Hall–Kier alpha value is -0.120. The van der Waals surface area contributed by atoms with E-state index in [9.17, 15) is 0 Å². The van der Waals surface area contributed by atoms with Crippen molar-refractivity contribution in [2.45, 2.75) is 64.0 Å². The van der Waals surface area contributed by atoms with Gasteiger partial charge in [0.1, 0.15) is 0 Å². The molecule has 0 aromatic rings. The molecule has 3 unspecified atom stereocenters. The SMILES string of the molecule is CCNC(C1CCOCC1)C1(N(C)C)CCCC(C)C1. The maximum atomic E-state index is 5.59. The minimum atomic E-state index is 0.343. The van der Waals surface area contributed by atoms with Gasteiger partial charge in [0, 0.05) is 24.8 Å². The monoisotopic (exact) mass is 282 g/mol. The number of hydrogen-bond acceptors (Lipinski definition) is 3. The zero-order valence-electron chi connectivity index (χ0n) is 14.0. The third-order valence-corrected chi connectivity index (χ3v) is 5.64. The summed E-state index contributed by atoms with van der Waals surface area (Å²) in [5.41, 5.74) is 0.343. The fourth-order valence-corrected chi connectivity index (χ4v) is 4.60. The Labute approximate surface area is 125 Å². The molecule has 2 rings (SSSR count). The van der Waals surface area contributed by atoms with Crippen LogP contribution in [0.4, 0.5) is 0 Å². The molecule has 1 saturated carbocycles. The predicted octanol–water partition coefficient (Wildman–Crippen LogP) is 2.90. The molecule has 2 aliphatic rings. The number of hydrogen-bond donors (Lipinski definition) is 1. The van der Waals surface area contributed by atoms with Crippen molar-refractivity contribution in [3.63, 3.8) is 0 Å². The molecule has 1 aliphatic heterocycles. The van der Waals surface area contributed by atoms with Gasteiger partial charge in [0.2, 0.25) is 0 Å². The van der Waals surface area contributed by atoms with Crippen molar-refractivity contribution in [2.24, 2.45) is 11.8 Å². The topological polar surface area (TPSA) is 24.5 Å². The smallest absolute Gasteiger partial charge is 0.0469 e. The van der Waals surface area contributed by atoms with Crippen molar-refractivity contribution < 1.29 is 4.74 Å². The minimum Gasteiger partial charge on any atom is -0.381 e. The van der Waals surface area contributed by atoms with Crippen molar-refractivity contribution in [2.75, 3.05) is 33.9 Å². The van der Waals surface area contributed by atoms with E-state index in [0.717, 1.165) is 31.6 Å². The first-order valence-electron chi connectivity index (χ1n) is 8.58. The molecular formula is C17H34N2O. The molecule has 1 aliphatic carbocycles. The zero-order chi connectivity index (χ0) is 14.6. The second-order valence-corrected chi connectivity index (χ2v) is 7.18. The normalized spacial score (nSPS) is 34.4. The Morgan fingerprint density at radius 3 is 2.50 bits per heavy atom. The molecule has 0 aromatic heterocycles. The fourth-order valence-electron chi connectivity index (χ4n) is 4.60. The zero-order valence-corrected chi connectivity index (χ0v) is 14.0. The lowest BCUT2D eigenvalue weighted by Gasteiger charge is -2.53. The van der Waals surface area contributed by atoms with E-state index in [-0.39, 0.29) is 0 Å². The highest BCUT2D eigenvalue weighted by Gasteiger charge is 2.46. The first-order chi connectivity index (χ1) is 9.60. The minimum absolute atomic E-state index is 0.343. The van der Waals surface area contributed by atoms with Gasteiger partial charge >= 0.3 is 0 Å². The van der Waals surface area contributed by atoms with Crippen LogP contribution in [0.3, 0.4) is 0 Å². The molecule has 3 heteroatoms. The highest BCUT2D eigenvalue weighted by Crippen LogP contribution is 2.42. The summed E-state index contributed by atoms with van der Waals surface area (Å²) in [7, 11) is 4.59. The molecule has 0 bridgehead atoms. The molecule has 3 atom stereocenters. The van der Waals surface area contributed by atoms with Gasteiger partial charge in [-0.25, -0.2) is 0 Å². The van der Waals surface area contributed by atoms with Crippen molar-refractivity contribution in [1.82, 2.24) is 10.2 Å². The molecule has 0 amide bonds. The standard InChI is InChI=1S/C17H34N2O/c1-5-18-16(15-8-11-20-12-9-15)17(19(3)4)10-6-7-14(2)13-17/h14-16,18H,5-13H2,1-4H3. The molecule has 0 radical (unpaired) electrons. The van der Waals surface area contributed by atoms with Crippen LogP contribution < -0.4 is 5.32 Å². The summed E-state index contributed by atoms with van der Waals surface area (Å²) in [5, 5.41) is 3.87. The Kier molecular flexibility index (Phi) is 5.88. The van der Waals surface area contributed by atoms with E-state index >= 15 is 0 Å². The number of ether oxygens (including phenoxy) is 1. The second-order valence-electron chi connectivity index (χ2n) is 7.18. The average molecular weight is 282 g/mol. The Balaban J connectivity index is 2.21. The number of nitrogens with one attached hydrogen (secondary N) is 1. The highest BCUT2D eigenvalue weighted by atomic mass is 16.5. The average Bonchev–Trinajstić information content (AvgIpc) is 2.45. The van der Waals surface area contributed by atoms with Crippen LogP contribution in [0.2, 0.25) is 0 Å². The van der Waals surface area contributed by atoms with Gasteiger partial charge in [0.05, 0.1) is 0 Å². The first-order valence-corrected chi connectivity index (χ1v) is 8.58. The van der Waals surface area contributed by atoms with E-state index in [2.05, 4.69) is 38.2 Å². The number of nitrogens with zero attached hydrogens (tertiary/aromatic N) is 1. The van der Waals surface area contributed by atoms with Gasteiger partial charge in [-0.15, -0.1) is 0 Å². The Bertz CT molecular complexity index is 289. The van der Waals surface area contributed by atoms with Gasteiger partial charge in [0.15, 0.2) is 0 Å². The van der Waals surface area contributed by atoms with Gasteiger partial charge in [0.25, 0.3) is 0 Å². The molecule has 0 spiro atoms. The van der Waals surface area contributed by atoms with Gasteiger partial charge < -0.3 is 15.0 Å². The highest BCUT2D eigenvalue weighted by molar-refractivity contribution is 5.04. The van der Waals surface area contributed by atoms with Gasteiger partial charge in [-0.3, -0.25) is 0 Å². The van der Waals surface area contributed by atoms with Crippen LogP contribution in [0, 0.1) is 11.8 Å². The maximum Gasteiger partial charge on any atom is 0.0469 e. The fraction of sp³-hybridized carbons (Fsp3) is 1.00. The molecule has 1 saturated heterocycles. The molecule has 3 nitrogen and oxygen atoms in total. The number of likely N-dealkylation sites (N-methyl/N-ethyl adjacent to an activating group) is 2. The lowest BCUT2D eigenvalue weighted by Crippen LogP contribution is -2.64. The number of rotatable bonds is 5. The van der Waals surface area contributed by atoms with Crippen LogP contribution in [0.1, 0.15) is 52.4 Å². The predicted molar refractivity (Wildman–Crippen MR) is 85.1 cm³/mol. The van der Waals surface area contributed by atoms with Crippen LogP contribution in [0.15, 0.2) is 0 Å². The quantitative estimate of drug-likeness (QED) is 0.839. The lowest BCUT2D eigenvalue weighted by atomic mass is 9.67. The van der Waals surface area contributed by atoms with Gasteiger partial charge in [-0.1, -0.05) is 26.7 Å². The molecule has 1 N–H and O–H groups in total. The summed E-state index contributed by atoms with van der Waals surface area (Å²) in [4.78, 5) is 2.53. The summed E-state index contributed by atoms with van der Waals surface area (Å²) < 4.78 is 5.59. The van der Waals surface area contributed by atoms with E-state index in [1.165, 1.54) is 38.5 Å². The van der Waals surface area contributed by atoms with Crippen molar-refractivity contribution in [3.05, 3.63) is 0 Å². The van der Waals surface area contributed by atoms with E-state index < -0.39 is 0 Å².